The summed E-state index contributed by atoms with van der Waals surface area (Å²) < 4.78 is 19.5. The van der Waals surface area contributed by atoms with Crippen LogP contribution in [0.15, 0.2) is 42.5 Å². The lowest BCUT2D eigenvalue weighted by Crippen LogP contribution is -2.48. The van der Waals surface area contributed by atoms with Crippen molar-refractivity contribution in [1.29, 1.82) is 0 Å². The first-order valence-electron chi connectivity index (χ1n) is 11.3. The van der Waals surface area contributed by atoms with Gasteiger partial charge in [0.05, 0.1) is 30.6 Å². The molecule has 2 aromatic carbocycles. The number of ether oxygens (including phenoxy) is 1. The van der Waals surface area contributed by atoms with Crippen molar-refractivity contribution in [2.75, 3.05) is 33.0 Å². The van der Waals surface area contributed by atoms with Gasteiger partial charge in [0, 0.05) is 41.3 Å². The van der Waals surface area contributed by atoms with Gasteiger partial charge in [0.25, 0.3) is 5.91 Å². The molecule has 4 rings (SSSR count). The lowest BCUT2D eigenvalue weighted by molar-refractivity contribution is 0.0124. The van der Waals surface area contributed by atoms with Crippen molar-refractivity contribution in [3.8, 4) is 28.9 Å². The zero-order valence-electron chi connectivity index (χ0n) is 19.3. The zero-order valence-corrected chi connectivity index (χ0v) is 20.8. The van der Waals surface area contributed by atoms with E-state index in [0.717, 1.165) is 11.3 Å². The fourth-order valence-electron chi connectivity index (χ4n) is 3.77. The number of unbranched alkanes of at least 4 members (excludes halogenated alkanes) is 1. The molecule has 1 aliphatic heterocycles. The maximum atomic E-state index is 13.2. The number of carbonyl (C=O) groups is 1. The van der Waals surface area contributed by atoms with Gasteiger partial charge < -0.3 is 4.74 Å². The molecule has 0 radical (unpaired) electrons. The second kappa shape index (κ2) is 11.7. The number of halogens is 3. The van der Waals surface area contributed by atoms with Crippen LogP contribution in [0.25, 0.3) is 17.1 Å². The largest absolute Gasteiger partial charge is 0.379 e. The number of imidazole rings is 1. The summed E-state index contributed by atoms with van der Waals surface area (Å²) in [6.45, 7) is 3.80. The van der Waals surface area contributed by atoms with Crippen LogP contribution < -0.4 is 5.43 Å². The van der Waals surface area contributed by atoms with Gasteiger partial charge >= 0.3 is 0 Å². The molecule has 3 aromatic rings. The number of nitrogens with one attached hydrogen (secondary N) is 1. The van der Waals surface area contributed by atoms with Gasteiger partial charge in [-0.3, -0.25) is 19.2 Å². The number of hydrazine groups is 1. The number of amides is 1. The van der Waals surface area contributed by atoms with E-state index in [4.69, 9.17) is 32.9 Å². The van der Waals surface area contributed by atoms with Crippen LogP contribution in [0.1, 0.15) is 34.6 Å². The van der Waals surface area contributed by atoms with Gasteiger partial charge in [-0.25, -0.2) is 9.99 Å². The highest BCUT2D eigenvalue weighted by atomic mass is 35.5. The molecule has 1 fully saturated rings. The highest BCUT2D eigenvalue weighted by Crippen LogP contribution is 2.33. The minimum Gasteiger partial charge on any atom is -0.379 e. The van der Waals surface area contributed by atoms with Crippen molar-refractivity contribution in [3.63, 3.8) is 0 Å². The Morgan fingerprint density at radius 1 is 1.17 bits per heavy atom. The van der Waals surface area contributed by atoms with E-state index in [0.29, 0.717) is 72.0 Å². The van der Waals surface area contributed by atoms with Crippen LogP contribution >= 0.6 is 23.2 Å². The van der Waals surface area contributed by atoms with Crippen LogP contribution in [0.3, 0.4) is 0 Å². The maximum Gasteiger partial charge on any atom is 0.286 e. The number of aromatic nitrogens is 2. The third-order valence-corrected chi connectivity index (χ3v) is 6.11. The third-order valence-electron chi connectivity index (χ3n) is 5.56. The van der Waals surface area contributed by atoms with E-state index in [1.165, 1.54) is 0 Å². The fourth-order valence-corrected chi connectivity index (χ4v) is 4.26. The summed E-state index contributed by atoms with van der Waals surface area (Å²) >= 11 is 12.6. The zero-order chi connectivity index (χ0) is 24.8. The number of nitrogens with zero attached hydrogens (tertiary/aromatic N) is 3. The fraction of sp³-hybridized carbons (Fsp3) is 0.308. The van der Waals surface area contributed by atoms with Crippen LogP contribution in [-0.4, -0.2) is 53.4 Å². The Balaban J connectivity index is 1.72. The number of benzene rings is 2. The lowest BCUT2D eigenvalue weighted by atomic mass is 10.1. The molecule has 0 unspecified atom stereocenters. The van der Waals surface area contributed by atoms with Crippen molar-refractivity contribution >= 4 is 29.1 Å². The van der Waals surface area contributed by atoms with Crippen LogP contribution in [0, 0.1) is 18.8 Å². The first-order chi connectivity index (χ1) is 17.0. The molecule has 6 nitrogen and oxygen atoms in total. The molecule has 1 aliphatic rings. The van der Waals surface area contributed by atoms with E-state index in [2.05, 4.69) is 17.3 Å². The highest BCUT2D eigenvalue weighted by molar-refractivity contribution is 6.36. The second-order valence-electron chi connectivity index (χ2n) is 8.01. The highest BCUT2D eigenvalue weighted by Gasteiger charge is 2.24. The molecule has 35 heavy (non-hydrogen) atoms. The van der Waals surface area contributed by atoms with E-state index in [-0.39, 0.29) is 12.6 Å². The Morgan fingerprint density at radius 3 is 2.60 bits per heavy atom. The number of alkyl halides is 1. The minimum atomic E-state index is -0.370. The summed E-state index contributed by atoms with van der Waals surface area (Å²) in [6.07, 6.45) is 0.944. The molecule has 0 spiro atoms. The number of carbonyl (C=O) groups excluding carboxylic acids is 1. The molecule has 0 atom stereocenters. The van der Waals surface area contributed by atoms with Gasteiger partial charge in [0.2, 0.25) is 0 Å². The Labute approximate surface area is 214 Å². The van der Waals surface area contributed by atoms with Gasteiger partial charge in [0.15, 0.2) is 5.69 Å². The molecule has 9 heteroatoms. The molecule has 0 aliphatic carbocycles. The Bertz CT molecular complexity index is 1260. The summed E-state index contributed by atoms with van der Waals surface area (Å²) in [5.41, 5.74) is 6.16. The first-order valence-corrected chi connectivity index (χ1v) is 12.1. The molecule has 1 aromatic heterocycles. The summed E-state index contributed by atoms with van der Waals surface area (Å²) in [5.74, 6) is 6.25. The summed E-state index contributed by atoms with van der Waals surface area (Å²) in [6, 6.07) is 12.8. The molecule has 0 bridgehead atoms. The second-order valence-corrected chi connectivity index (χ2v) is 8.85. The molecule has 1 N–H and O–H groups in total. The van der Waals surface area contributed by atoms with Gasteiger partial charge in [0.1, 0.15) is 5.82 Å². The number of rotatable bonds is 6. The van der Waals surface area contributed by atoms with Crippen LogP contribution in [0.5, 0.6) is 0 Å². The maximum absolute atomic E-state index is 13.2. The van der Waals surface area contributed by atoms with Crippen molar-refractivity contribution in [1.82, 2.24) is 20.0 Å². The average molecular weight is 515 g/mol. The van der Waals surface area contributed by atoms with E-state index < -0.39 is 0 Å². The third kappa shape index (κ3) is 6.03. The smallest absolute Gasteiger partial charge is 0.286 e. The molecule has 0 saturated carbocycles. The lowest BCUT2D eigenvalue weighted by Gasteiger charge is -2.26. The Hall–Kier alpha value is -2.89. The van der Waals surface area contributed by atoms with Crippen molar-refractivity contribution in [3.05, 3.63) is 69.5 Å². The van der Waals surface area contributed by atoms with E-state index in [1.54, 1.807) is 18.2 Å². The van der Waals surface area contributed by atoms with Gasteiger partial charge in [-0.05, 0) is 55.8 Å². The normalized spacial score (nSPS) is 13.8. The van der Waals surface area contributed by atoms with Crippen LogP contribution in [0.2, 0.25) is 10.0 Å². The topological polar surface area (TPSA) is 59.4 Å². The summed E-state index contributed by atoms with van der Waals surface area (Å²) in [5, 5.41) is 2.77. The predicted molar refractivity (Wildman–Crippen MR) is 136 cm³/mol. The summed E-state index contributed by atoms with van der Waals surface area (Å²) in [7, 11) is 0. The SMILES string of the molecule is Cc1c(C(=O)NN2CCOCC2)nc(-c2ccc(Cl)cc2Cl)n1-c1ccc(C#CCCCF)cc1. The average Bonchev–Trinajstić information content (AvgIpc) is 3.19. The monoisotopic (exact) mass is 514 g/mol. The molecule has 1 amide bonds. The molecular weight excluding hydrogens is 490 g/mol. The number of hydrogen-bond donors (Lipinski definition) is 1. The summed E-state index contributed by atoms with van der Waals surface area (Å²) in [4.78, 5) is 17.9. The molecule has 1 saturated heterocycles. The Kier molecular flexibility index (Phi) is 8.42. The van der Waals surface area contributed by atoms with Crippen LogP contribution in [-0.2, 0) is 4.74 Å². The van der Waals surface area contributed by atoms with E-state index in [1.807, 2.05) is 40.8 Å². The van der Waals surface area contributed by atoms with Gasteiger partial charge in [-0.1, -0.05) is 35.0 Å². The van der Waals surface area contributed by atoms with Crippen molar-refractivity contribution in [2.24, 2.45) is 0 Å². The quantitative estimate of drug-likeness (QED) is 0.361. The molecule has 182 valence electrons. The number of hydrogen-bond acceptors (Lipinski definition) is 4. The molecule has 2 heterocycles. The van der Waals surface area contributed by atoms with Crippen LogP contribution in [0.4, 0.5) is 4.39 Å². The van der Waals surface area contributed by atoms with Crippen molar-refractivity contribution < 1.29 is 13.9 Å². The van der Waals surface area contributed by atoms with Crippen molar-refractivity contribution in [2.45, 2.75) is 19.8 Å². The predicted octanol–water partition coefficient (Wildman–Crippen LogP) is 5.23. The van der Waals surface area contributed by atoms with Gasteiger partial charge in [-0.15, -0.1) is 0 Å². The van der Waals surface area contributed by atoms with Gasteiger partial charge in [-0.2, -0.15) is 0 Å². The molecular formula is C26H25Cl2FN4O2. The Morgan fingerprint density at radius 2 is 1.91 bits per heavy atom. The number of morpholine rings is 1. The first kappa shape index (κ1) is 25.2. The van der Waals surface area contributed by atoms with E-state index in [9.17, 15) is 9.18 Å². The van der Waals surface area contributed by atoms with E-state index >= 15 is 0 Å². The standard InChI is InChI=1S/C26H25Cl2FN4O2/c1-18-24(26(34)31-32-13-15-35-16-14-32)30-25(22-11-8-20(27)17-23(22)28)33(18)21-9-6-19(7-10-21)5-3-2-4-12-29/h6-11,17H,2,4,12-16H2,1H3,(H,31,34). The minimum absolute atomic E-state index is 0.299.